The van der Waals surface area contributed by atoms with Gasteiger partial charge in [-0.3, -0.25) is 5.43 Å². The quantitative estimate of drug-likeness (QED) is 0.598. The zero-order valence-corrected chi connectivity index (χ0v) is 11.9. The molecular formula is C13H10N5O3S-. The van der Waals surface area contributed by atoms with E-state index in [1.165, 1.54) is 23.9 Å². The number of nitrogens with one attached hydrogen (secondary N) is 2. The molecule has 1 saturated heterocycles. The lowest BCUT2D eigenvalue weighted by Gasteiger charge is -2.17. The third-order valence-electron chi connectivity index (χ3n) is 3.30. The maximum atomic E-state index is 10.7. The van der Waals surface area contributed by atoms with Gasteiger partial charge in [0.05, 0.1) is 6.26 Å². The van der Waals surface area contributed by atoms with Gasteiger partial charge in [-0.2, -0.15) is 4.90 Å². The molecular weight excluding hydrogens is 306 g/mol. The number of thioether (sulfide) groups is 1. The first-order valence-corrected chi connectivity index (χ1v) is 7.32. The van der Waals surface area contributed by atoms with E-state index in [4.69, 9.17) is 4.42 Å². The van der Waals surface area contributed by atoms with E-state index in [9.17, 15) is 10.4 Å². The molecule has 22 heavy (non-hydrogen) atoms. The van der Waals surface area contributed by atoms with Gasteiger partial charge in [-0.25, -0.2) is 10.4 Å². The molecule has 0 aromatic carbocycles. The fraction of sp³-hybridized carbons (Fsp3) is 0.0769. The Bertz CT molecular complexity index is 741. The van der Waals surface area contributed by atoms with Crippen molar-refractivity contribution in [1.29, 1.82) is 0 Å². The highest BCUT2D eigenvalue weighted by Gasteiger charge is 2.37. The molecule has 9 heteroatoms. The van der Waals surface area contributed by atoms with Crippen molar-refractivity contribution >= 4 is 22.6 Å². The monoisotopic (exact) mass is 316 g/mol. The summed E-state index contributed by atoms with van der Waals surface area (Å²) in [6, 6.07) is 3.73. The minimum absolute atomic E-state index is 0.0519. The van der Waals surface area contributed by atoms with Crippen LogP contribution in [-0.4, -0.2) is 20.8 Å². The van der Waals surface area contributed by atoms with Gasteiger partial charge in [0.1, 0.15) is 11.1 Å². The van der Waals surface area contributed by atoms with Crippen molar-refractivity contribution in [2.75, 3.05) is 0 Å². The van der Waals surface area contributed by atoms with Gasteiger partial charge in [-0.1, -0.05) is 11.8 Å². The van der Waals surface area contributed by atoms with E-state index < -0.39 is 4.90 Å². The van der Waals surface area contributed by atoms with E-state index in [1.54, 1.807) is 18.4 Å². The van der Waals surface area contributed by atoms with Crippen molar-refractivity contribution < 1.29 is 9.32 Å². The van der Waals surface area contributed by atoms with Gasteiger partial charge in [0.15, 0.2) is 5.82 Å². The molecule has 3 aliphatic rings. The molecule has 8 nitrogen and oxygen atoms in total. The van der Waals surface area contributed by atoms with Crippen molar-refractivity contribution in [2.24, 2.45) is 5.10 Å². The van der Waals surface area contributed by atoms with Crippen LogP contribution in [0, 0.1) is 10.4 Å². The number of hydrogen-bond acceptors (Lipinski definition) is 8. The number of hydrazine groups is 1. The minimum atomic E-state index is -0.421. The van der Waals surface area contributed by atoms with Crippen LogP contribution in [0.4, 0.5) is 0 Å². The lowest BCUT2D eigenvalue weighted by atomic mass is 10.1. The predicted octanol–water partition coefficient (Wildman–Crippen LogP) is 1.49. The Kier molecular flexibility index (Phi) is 2.94. The van der Waals surface area contributed by atoms with E-state index in [1.807, 2.05) is 17.1 Å². The smallest absolute Gasteiger partial charge is 0.222 e. The zero-order chi connectivity index (χ0) is 15.1. The standard InChI is InChI=1S/C13H10N5O3S/c19-18(20)9-5-3-8(4-6-9)11-14-15-13-17(11)16-12(22-13)10-2-1-7-21-10/h1-7,12,14,16H/q-1. The molecule has 0 radical (unpaired) electrons. The van der Waals surface area contributed by atoms with Crippen molar-refractivity contribution in [3.8, 4) is 0 Å². The summed E-state index contributed by atoms with van der Waals surface area (Å²) in [4.78, 5) is -0.421. The Morgan fingerprint density at radius 1 is 1.27 bits per heavy atom. The fourth-order valence-corrected chi connectivity index (χ4v) is 3.21. The molecule has 1 atom stereocenters. The maximum Gasteiger partial charge on any atom is 0.222 e. The number of amidine groups is 1. The van der Waals surface area contributed by atoms with Gasteiger partial charge < -0.3 is 14.8 Å². The average molecular weight is 316 g/mol. The van der Waals surface area contributed by atoms with Crippen LogP contribution in [0.1, 0.15) is 11.1 Å². The summed E-state index contributed by atoms with van der Waals surface area (Å²) >= 11 is 1.52. The van der Waals surface area contributed by atoms with Crippen LogP contribution >= 0.6 is 11.8 Å². The Labute approximate surface area is 129 Å². The highest BCUT2D eigenvalue weighted by atomic mass is 32.2. The fourth-order valence-electron chi connectivity index (χ4n) is 2.24. The predicted molar refractivity (Wildman–Crippen MR) is 81.9 cm³/mol. The van der Waals surface area contributed by atoms with Crippen LogP contribution in [0.25, 0.3) is 0 Å². The lowest BCUT2D eigenvalue weighted by molar-refractivity contribution is -0.377. The zero-order valence-electron chi connectivity index (χ0n) is 11.1. The van der Waals surface area contributed by atoms with Crippen LogP contribution in [0.5, 0.6) is 0 Å². The number of allylic oxidation sites excluding steroid dienone is 5. The van der Waals surface area contributed by atoms with Gasteiger partial charge in [0, 0.05) is 17.7 Å². The van der Waals surface area contributed by atoms with Gasteiger partial charge >= 0.3 is 0 Å². The van der Waals surface area contributed by atoms with E-state index >= 15 is 0 Å². The molecule has 1 aromatic rings. The maximum absolute atomic E-state index is 10.7. The summed E-state index contributed by atoms with van der Waals surface area (Å²) in [7, 11) is 0. The molecule has 0 spiro atoms. The number of hydrazone groups is 1. The van der Waals surface area contributed by atoms with Gasteiger partial charge in [0.25, 0.3) is 0 Å². The Morgan fingerprint density at radius 3 is 2.77 bits per heavy atom. The summed E-state index contributed by atoms with van der Waals surface area (Å²) in [5.41, 5.74) is 7.08. The van der Waals surface area contributed by atoms with Gasteiger partial charge in [-0.15, -0.1) is 5.10 Å². The van der Waals surface area contributed by atoms with Crippen LogP contribution in [0.2, 0.25) is 0 Å². The van der Waals surface area contributed by atoms with E-state index in [0.29, 0.717) is 0 Å². The van der Waals surface area contributed by atoms with E-state index in [2.05, 4.69) is 16.0 Å². The number of furan rings is 1. The second-order valence-corrected chi connectivity index (χ2v) is 5.71. The van der Waals surface area contributed by atoms with Crippen molar-refractivity contribution in [3.05, 3.63) is 70.3 Å². The summed E-state index contributed by atoms with van der Waals surface area (Å²) in [6.45, 7) is 0. The first kappa shape index (κ1) is 13.0. The summed E-state index contributed by atoms with van der Waals surface area (Å²) in [6.07, 6.45) is 7.93. The molecule has 0 bridgehead atoms. The van der Waals surface area contributed by atoms with Crippen LogP contribution in [0.15, 0.2) is 63.6 Å². The molecule has 3 heterocycles. The van der Waals surface area contributed by atoms with Crippen molar-refractivity contribution in [2.45, 2.75) is 5.37 Å². The number of nitrogens with zero attached hydrogens (tertiary/aromatic N) is 3. The molecule has 112 valence electrons. The average Bonchev–Trinajstić information content (AvgIpc) is 3.23. The largest absolute Gasteiger partial charge is 0.612 e. The highest BCUT2D eigenvalue weighted by molar-refractivity contribution is 8.14. The number of rotatable bonds is 1. The topological polar surface area (TPSA) is 102 Å². The molecule has 1 aliphatic carbocycles. The molecule has 0 saturated carbocycles. The summed E-state index contributed by atoms with van der Waals surface area (Å²) < 4.78 is 5.40. The summed E-state index contributed by atoms with van der Waals surface area (Å²) in [5.74, 6) is 1.54. The van der Waals surface area contributed by atoms with E-state index in [-0.39, 0.29) is 11.1 Å². The first-order chi connectivity index (χ1) is 10.7. The number of hydrogen-bond donors (Lipinski definition) is 2. The minimum Gasteiger partial charge on any atom is -0.612 e. The molecule has 4 rings (SSSR count). The highest BCUT2D eigenvalue weighted by Crippen LogP contribution is 2.38. The molecule has 1 unspecified atom stereocenters. The molecule has 0 amide bonds. The van der Waals surface area contributed by atoms with Crippen molar-refractivity contribution in [3.63, 3.8) is 0 Å². The third-order valence-corrected chi connectivity index (χ3v) is 4.35. The van der Waals surface area contributed by atoms with Gasteiger partial charge in [-0.05, 0) is 24.3 Å². The van der Waals surface area contributed by atoms with Crippen molar-refractivity contribution in [1.82, 2.24) is 15.9 Å². The number of fused-ring (bicyclic) bond motifs is 1. The second kappa shape index (κ2) is 4.97. The van der Waals surface area contributed by atoms with Crippen LogP contribution in [-0.2, 0) is 0 Å². The SMILES string of the molecule is [O-][N+]([O-])=C1C=CC(=C2NN=C3SC(c4ccco4)NN32)C=C1. The van der Waals surface area contributed by atoms with Crippen LogP contribution in [0.3, 0.4) is 0 Å². The first-order valence-electron chi connectivity index (χ1n) is 6.44. The van der Waals surface area contributed by atoms with E-state index in [0.717, 1.165) is 22.3 Å². The molecule has 1 aromatic heterocycles. The molecule has 2 aliphatic heterocycles. The Balaban J connectivity index is 1.60. The van der Waals surface area contributed by atoms with Crippen LogP contribution < -0.4 is 10.9 Å². The normalized spacial score (nSPS) is 22.9. The van der Waals surface area contributed by atoms with Gasteiger partial charge in [0.2, 0.25) is 10.9 Å². The molecule has 2 N–H and O–H groups in total. The third kappa shape index (κ3) is 2.07. The lowest BCUT2D eigenvalue weighted by Crippen LogP contribution is -2.34. The summed E-state index contributed by atoms with van der Waals surface area (Å²) in [5, 5.41) is 28.2. The Hall–Kier alpha value is -2.65. The molecule has 1 fully saturated rings. The Morgan fingerprint density at radius 2 is 2.09 bits per heavy atom. The second-order valence-electron chi connectivity index (χ2n) is 4.64.